The number of carbonyl (C=O) groups excluding carboxylic acids is 1. The molecular formula is C24H49NO2. The average Bonchev–Trinajstić information content (AvgIpc) is 2.61. The van der Waals surface area contributed by atoms with Crippen molar-refractivity contribution in [3.63, 3.8) is 0 Å². The molecule has 0 atom stereocenters. The Hall–Kier alpha value is -0.570. The van der Waals surface area contributed by atoms with Crippen LogP contribution in [-0.4, -0.2) is 36.6 Å². The van der Waals surface area contributed by atoms with Crippen LogP contribution in [0.4, 0.5) is 0 Å². The lowest BCUT2D eigenvalue weighted by atomic mass is 9.99. The van der Waals surface area contributed by atoms with Crippen molar-refractivity contribution in [1.82, 2.24) is 0 Å². The number of unbranched alkanes of at least 4 members (excludes halogenated alkanes) is 15. The molecular weight excluding hydrogens is 334 g/mol. The van der Waals surface area contributed by atoms with Gasteiger partial charge in [-0.3, -0.25) is 0 Å². The third kappa shape index (κ3) is 12.5. The van der Waals surface area contributed by atoms with Crippen LogP contribution in [0, 0.1) is 0 Å². The topological polar surface area (TPSA) is 40.1 Å². The molecule has 0 amide bonds. The molecule has 0 rings (SSSR count). The average molecular weight is 384 g/mol. The molecule has 0 aromatic rings. The van der Waals surface area contributed by atoms with Gasteiger partial charge in [0.15, 0.2) is 0 Å². The van der Waals surface area contributed by atoms with E-state index < -0.39 is 11.5 Å². The van der Waals surface area contributed by atoms with E-state index in [-0.39, 0.29) is 0 Å². The van der Waals surface area contributed by atoms with Crippen molar-refractivity contribution in [1.29, 1.82) is 0 Å². The Morgan fingerprint density at radius 2 is 0.963 bits per heavy atom. The first-order chi connectivity index (χ1) is 12.8. The van der Waals surface area contributed by atoms with Crippen LogP contribution in [-0.2, 0) is 4.79 Å². The molecule has 0 bridgehead atoms. The van der Waals surface area contributed by atoms with Gasteiger partial charge >= 0.3 is 0 Å². The maximum Gasteiger partial charge on any atom is 0.133 e. The van der Waals surface area contributed by atoms with Gasteiger partial charge in [0.25, 0.3) is 0 Å². The summed E-state index contributed by atoms with van der Waals surface area (Å²) >= 11 is 0. The number of carboxylic acid groups (broad SMARTS) is 1. The van der Waals surface area contributed by atoms with Crippen molar-refractivity contribution < 1.29 is 14.4 Å². The fourth-order valence-corrected chi connectivity index (χ4v) is 3.58. The van der Waals surface area contributed by atoms with Crippen molar-refractivity contribution in [3.05, 3.63) is 0 Å². The molecule has 27 heavy (non-hydrogen) atoms. The van der Waals surface area contributed by atoms with E-state index in [0.717, 1.165) is 13.0 Å². The molecule has 0 heterocycles. The summed E-state index contributed by atoms with van der Waals surface area (Å²) in [7, 11) is 4.00. The van der Waals surface area contributed by atoms with Crippen LogP contribution in [0.5, 0.6) is 0 Å². The predicted octanol–water partition coefficient (Wildman–Crippen LogP) is 5.85. The molecule has 0 aromatic carbocycles. The highest BCUT2D eigenvalue weighted by Crippen LogP contribution is 2.21. The Morgan fingerprint density at radius 3 is 1.26 bits per heavy atom. The summed E-state index contributed by atoms with van der Waals surface area (Å²) in [6.07, 6.45) is 21.8. The second-order valence-electron chi connectivity index (χ2n) is 9.56. The fourth-order valence-electron chi connectivity index (χ4n) is 3.58. The van der Waals surface area contributed by atoms with Gasteiger partial charge in [-0.2, -0.15) is 0 Å². The minimum atomic E-state index is -0.955. The minimum Gasteiger partial charge on any atom is -0.544 e. The smallest absolute Gasteiger partial charge is 0.133 e. The molecule has 0 aromatic heterocycles. The highest BCUT2D eigenvalue weighted by atomic mass is 16.4. The molecule has 162 valence electrons. The zero-order valence-corrected chi connectivity index (χ0v) is 19.3. The van der Waals surface area contributed by atoms with Crippen LogP contribution < -0.4 is 5.11 Å². The van der Waals surface area contributed by atoms with E-state index in [0.29, 0.717) is 4.48 Å². The van der Waals surface area contributed by atoms with Crippen LogP contribution in [0.15, 0.2) is 0 Å². The second kappa shape index (κ2) is 15.4. The zero-order valence-electron chi connectivity index (χ0n) is 19.3. The number of carbonyl (C=O) groups is 1. The van der Waals surface area contributed by atoms with Crippen LogP contribution >= 0.6 is 0 Å². The van der Waals surface area contributed by atoms with Crippen molar-refractivity contribution >= 4 is 5.97 Å². The fraction of sp³-hybridized carbons (Fsp3) is 0.958. The summed E-state index contributed by atoms with van der Waals surface area (Å²) in [6, 6.07) is 0. The predicted molar refractivity (Wildman–Crippen MR) is 116 cm³/mol. The Balaban J connectivity index is 3.40. The highest BCUT2D eigenvalue weighted by molar-refractivity contribution is 5.73. The highest BCUT2D eigenvalue weighted by Gasteiger charge is 2.37. The standard InChI is InChI=1S/C24H49NO2/c1-6-7-8-9-10-11-12-13-14-15-16-17-18-19-20-21-22-25(4,5)24(2,3)23(26)27/h6-22H2,1-5H3. The van der Waals surface area contributed by atoms with E-state index in [9.17, 15) is 9.90 Å². The van der Waals surface area contributed by atoms with Gasteiger partial charge in [-0.15, -0.1) is 0 Å². The number of nitrogens with zero attached hydrogens (tertiary/aromatic N) is 1. The quantitative estimate of drug-likeness (QED) is 0.207. The lowest BCUT2D eigenvalue weighted by Gasteiger charge is -2.45. The van der Waals surface area contributed by atoms with Crippen molar-refractivity contribution in [2.75, 3.05) is 20.6 Å². The number of hydrogen-bond donors (Lipinski definition) is 0. The van der Waals surface area contributed by atoms with Gasteiger partial charge in [-0.25, -0.2) is 0 Å². The molecule has 0 saturated heterocycles. The van der Waals surface area contributed by atoms with Gasteiger partial charge in [0.2, 0.25) is 0 Å². The van der Waals surface area contributed by atoms with Gasteiger partial charge in [0.05, 0.1) is 20.6 Å². The van der Waals surface area contributed by atoms with Crippen molar-refractivity contribution in [2.45, 2.75) is 129 Å². The number of rotatable bonds is 19. The number of hydrogen-bond acceptors (Lipinski definition) is 2. The Labute approximate surface area is 170 Å². The van der Waals surface area contributed by atoms with Crippen LogP contribution in [0.25, 0.3) is 0 Å². The maximum absolute atomic E-state index is 11.3. The molecule has 3 nitrogen and oxygen atoms in total. The number of quaternary nitrogens is 1. The zero-order chi connectivity index (χ0) is 20.6. The van der Waals surface area contributed by atoms with Gasteiger partial charge in [0.1, 0.15) is 11.5 Å². The first kappa shape index (κ1) is 26.4. The number of likely N-dealkylation sites (N-methyl/N-ethyl adjacent to an activating group) is 1. The molecule has 0 aliphatic carbocycles. The van der Waals surface area contributed by atoms with E-state index in [1.807, 2.05) is 14.1 Å². The lowest BCUT2D eigenvalue weighted by Crippen LogP contribution is -2.64. The molecule has 3 heteroatoms. The molecule has 0 spiro atoms. The van der Waals surface area contributed by atoms with Crippen LogP contribution in [0.3, 0.4) is 0 Å². The summed E-state index contributed by atoms with van der Waals surface area (Å²) in [5.41, 5.74) is -0.824. The molecule has 0 saturated carbocycles. The van der Waals surface area contributed by atoms with Gasteiger partial charge < -0.3 is 14.4 Å². The number of aliphatic carboxylic acids is 1. The Bertz CT molecular complexity index is 363. The Morgan fingerprint density at radius 1 is 0.667 bits per heavy atom. The van der Waals surface area contributed by atoms with E-state index in [1.54, 1.807) is 13.8 Å². The summed E-state index contributed by atoms with van der Waals surface area (Å²) in [4.78, 5) is 11.3. The van der Waals surface area contributed by atoms with Crippen molar-refractivity contribution in [3.8, 4) is 0 Å². The monoisotopic (exact) mass is 383 g/mol. The summed E-state index contributed by atoms with van der Waals surface area (Å²) in [6.45, 7) is 6.73. The van der Waals surface area contributed by atoms with Crippen molar-refractivity contribution in [2.24, 2.45) is 0 Å². The summed E-state index contributed by atoms with van der Waals surface area (Å²) < 4.78 is 0.494. The van der Waals surface area contributed by atoms with E-state index in [1.165, 1.54) is 96.3 Å². The lowest BCUT2D eigenvalue weighted by molar-refractivity contribution is -0.930. The van der Waals surface area contributed by atoms with Gasteiger partial charge in [-0.1, -0.05) is 96.8 Å². The SMILES string of the molecule is CCCCCCCCCCCCCCCCCC[N+](C)(C)C(C)(C)C(=O)[O-]. The van der Waals surface area contributed by atoms with Crippen LogP contribution in [0.1, 0.15) is 124 Å². The first-order valence-corrected chi connectivity index (χ1v) is 11.8. The second-order valence-corrected chi connectivity index (χ2v) is 9.56. The maximum atomic E-state index is 11.3. The molecule has 0 N–H and O–H groups in total. The molecule has 0 aliphatic rings. The minimum absolute atomic E-state index is 0.494. The summed E-state index contributed by atoms with van der Waals surface area (Å²) in [5.74, 6) is -0.955. The first-order valence-electron chi connectivity index (χ1n) is 11.8. The Kier molecular flexibility index (Phi) is 15.0. The normalized spacial score (nSPS) is 12.5. The largest absolute Gasteiger partial charge is 0.544 e. The van der Waals surface area contributed by atoms with Gasteiger partial charge in [0, 0.05) is 0 Å². The molecule has 0 fully saturated rings. The third-order valence-corrected chi connectivity index (χ3v) is 6.58. The van der Waals surface area contributed by atoms with Gasteiger partial charge in [-0.05, 0) is 26.7 Å². The number of carboxylic acids is 1. The summed E-state index contributed by atoms with van der Waals surface area (Å²) in [5, 5.41) is 11.3. The van der Waals surface area contributed by atoms with E-state index in [4.69, 9.17) is 0 Å². The van der Waals surface area contributed by atoms with E-state index >= 15 is 0 Å². The molecule has 0 radical (unpaired) electrons. The van der Waals surface area contributed by atoms with Crippen LogP contribution in [0.2, 0.25) is 0 Å². The van der Waals surface area contributed by atoms with E-state index in [2.05, 4.69) is 6.92 Å². The third-order valence-electron chi connectivity index (χ3n) is 6.58. The molecule has 0 aliphatic heterocycles. The molecule has 0 unspecified atom stereocenters.